The summed E-state index contributed by atoms with van der Waals surface area (Å²) in [6, 6.07) is 15.1. The van der Waals surface area contributed by atoms with Crippen LogP contribution in [0.3, 0.4) is 0 Å². The van der Waals surface area contributed by atoms with Gasteiger partial charge in [0, 0.05) is 48.7 Å². The van der Waals surface area contributed by atoms with E-state index in [-0.39, 0.29) is 5.78 Å². The number of rotatable bonds is 6. The zero-order chi connectivity index (χ0) is 22.6. The van der Waals surface area contributed by atoms with E-state index < -0.39 is 0 Å². The van der Waals surface area contributed by atoms with Crippen molar-refractivity contribution in [2.45, 2.75) is 6.92 Å². The van der Waals surface area contributed by atoms with Crippen LogP contribution in [0.15, 0.2) is 66.0 Å². The number of nitrogens with one attached hydrogen (secondary N) is 1. The van der Waals surface area contributed by atoms with Gasteiger partial charge in [-0.25, -0.2) is 4.98 Å². The highest BCUT2D eigenvalue weighted by atomic mass is 16.5. The van der Waals surface area contributed by atoms with Gasteiger partial charge in [0.15, 0.2) is 17.2 Å². The fourth-order valence-electron chi connectivity index (χ4n) is 3.71. The van der Waals surface area contributed by atoms with Gasteiger partial charge in [0.05, 0.1) is 25.1 Å². The molecule has 0 saturated carbocycles. The summed E-state index contributed by atoms with van der Waals surface area (Å²) in [7, 11) is 0. The van der Waals surface area contributed by atoms with Gasteiger partial charge >= 0.3 is 0 Å². The van der Waals surface area contributed by atoms with Crippen molar-refractivity contribution in [2.24, 2.45) is 5.10 Å². The number of carbonyl (C=O) groups excluding carboxylic acids is 1. The molecule has 4 aromatic rings. The van der Waals surface area contributed by atoms with Crippen molar-refractivity contribution in [3.05, 3.63) is 72.1 Å². The lowest BCUT2D eigenvalue weighted by Gasteiger charge is -2.29. The number of Topliss-reactive ketones (excluding diaryl/α,β-unsaturated/α-hetero) is 1. The zero-order valence-corrected chi connectivity index (χ0v) is 18.2. The van der Waals surface area contributed by atoms with Crippen LogP contribution in [0.1, 0.15) is 22.8 Å². The lowest BCUT2D eigenvalue weighted by Crippen LogP contribution is -2.37. The van der Waals surface area contributed by atoms with Crippen LogP contribution in [-0.4, -0.2) is 57.9 Å². The number of anilines is 2. The third-order valence-corrected chi connectivity index (χ3v) is 5.41. The third-order valence-electron chi connectivity index (χ3n) is 5.41. The Balaban J connectivity index is 1.48. The van der Waals surface area contributed by atoms with Crippen LogP contribution in [0.25, 0.3) is 16.9 Å². The summed E-state index contributed by atoms with van der Waals surface area (Å²) in [6.07, 6.45) is 5.17. The van der Waals surface area contributed by atoms with Crippen molar-refractivity contribution in [2.75, 3.05) is 36.6 Å². The maximum absolute atomic E-state index is 11.6. The summed E-state index contributed by atoms with van der Waals surface area (Å²) in [6.45, 7) is 4.41. The third kappa shape index (κ3) is 4.58. The largest absolute Gasteiger partial charge is 0.378 e. The Morgan fingerprint density at radius 2 is 1.94 bits per heavy atom. The van der Waals surface area contributed by atoms with Gasteiger partial charge in [0.2, 0.25) is 0 Å². The van der Waals surface area contributed by atoms with Gasteiger partial charge in [-0.2, -0.15) is 14.7 Å². The number of hydrogen-bond acceptors (Lipinski definition) is 8. The molecule has 0 atom stereocenters. The van der Waals surface area contributed by atoms with Gasteiger partial charge in [-0.15, -0.1) is 0 Å². The van der Waals surface area contributed by atoms with Gasteiger partial charge in [-0.05, 0) is 30.7 Å². The molecule has 4 heterocycles. The summed E-state index contributed by atoms with van der Waals surface area (Å²) >= 11 is 0. The van der Waals surface area contributed by atoms with Gasteiger partial charge in [0.1, 0.15) is 5.82 Å². The molecule has 166 valence electrons. The minimum atomic E-state index is 0.0196. The van der Waals surface area contributed by atoms with Gasteiger partial charge in [-0.3, -0.25) is 15.2 Å². The van der Waals surface area contributed by atoms with Crippen LogP contribution in [0.5, 0.6) is 0 Å². The molecule has 0 unspecified atom stereocenters. The molecule has 1 N–H and O–H groups in total. The van der Waals surface area contributed by atoms with Crippen molar-refractivity contribution in [1.82, 2.24) is 19.6 Å². The average molecular weight is 441 g/mol. The van der Waals surface area contributed by atoms with E-state index in [0.29, 0.717) is 30.2 Å². The second kappa shape index (κ2) is 9.17. The average Bonchev–Trinajstić information content (AvgIpc) is 3.29. The number of hydrogen-bond donors (Lipinski definition) is 1. The summed E-state index contributed by atoms with van der Waals surface area (Å²) in [5.74, 6) is 1.54. The fourth-order valence-corrected chi connectivity index (χ4v) is 3.71. The van der Waals surface area contributed by atoms with Gasteiger partial charge < -0.3 is 9.64 Å². The first kappa shape index (κ1) is 20.8. The van der Waals surface area contributed by atoms with E-state index in [4.69, 9.17) is 14.8 Å². The Labute approximate surface area is 190 Å². The molecule has 1 aliphatic heterocycles. The number of morpholine rings is 1. The molecule has 0 radical (unpaired) electrons. The van der Waals surface area contributed by atoms with E-state index in [1.54, 1.807) is 37.7 Å². The number of benzene rings is 1. The first-order valence-corrected chi connectivity index (χ1v) is 10.7. The standard InChI is InChI=1S/C24H23N7O2/c1-17(32)20-4-2-3-18(13-20)16-26-28-22-15-24(30-9-11-33-12-10-30)31-23(27-22)14-21(29-31)19-5-7-25-8-6-19/h2-8,13-16H,9-12H2,1H3,(H,27,28)/b26-16-. The highest BCUT2D eigenvalue weighted by molar-refractivity contribution is 5.96. The van der Waals surface area contributed by atoms with Crippen molar-refractivity contribution in [3.8, 4) is 11.3 Å². The second-order valence-electron chi connectivity index (χ2n) is 7.69. The van der Waals surface area contributed by atoms with Crippen molar-refractivity contribution in [3.63, 3.8) is 0 Å². The highest BCUT2D eigenvalue weighted by Gasteiger charge is 2.18. The summed E-state index contributed by atoms with van der Waals surface area (Å²) in [5, 5.41) is 9.14. The predicted octanol–water partition coefficient (Wildman–Crippen LogP) is 3.28. The molecule has 1 fully saturated rings. The molecule has 0 amide bonds. The quantitative estimate of drug-likeness (QED) is 0.279. The number of carbonyl (C=O) groups is 1. The smallest absolute Gasteiger partial charge is 0.160 e. The summed E-state index contributed by atoms with van der Waals surface area (Å²) < 4.78 is 7.37. The summed E-state index contributed by atoms with van der Waals surface area (Å²) in [4.78, 5) is 22.6. The van der Waals surface area contributed by atoms with Crippen LogP contribution < -0.4 is 10.3 Å². The molecule has 3 aromatic heterocycles. The molecular weight excluding hydrogens is 418 g/mol. The molecule has 0 spiro atoms. The van der Waals surface area contributed by atoms with Crippen LogP contribution in [0.2, 0.25) is 0 Å². The molecule has 33 heavy (non-hydrogen) atoms. The van der Waals surface area contributed by atoms with E-state index >= 15 is 0 Å². The van der Waals surface area contributed by atoms with E-state index in [1.165, 1.54) is 0 Å². The van der Waals surface area contributed by atoms with Crippen LogP contribution in [0, 0.1) is 0 Å². The van der Waals surface area contributed by atoms with Gasteiger partial charge in [-0.1, -0.05) is 18.2 Å². The Morgan fingerprint density at radius 3 is 2.73 bits per heavy atom. The lowest BCUT2D eigenvalue weighted by atomic mass is 10.1. The van der Waals surface area contributed by atoms with E-state index in [9.17, 15) is 4.79 Å². The predicted molar refractivity (Wildman–Crippen MR) is 127 cm³/mol. The molecule has 1 aliphatic rings. The Bertz CT molecular complexity index is 1310. The molecule has 1 aromatic carbocycles. The van der Waals surface area contributed by atoms with E-state index in [2.05, 4.69) is 20.4 Å². The number of ether oxygens (including phenoxy) is 1. The number of pyridine rings is 1. The lowest BCUT2D eigenvalue weighted by molar-refractivity contribution is 0.101. The number of aromatic nitrogens is 4. The van der Waals surface area contributed by atoms with Crippen molar-refractivity contribution < 1.29 is 9.53 Å². The Kier molecular flexibility index (Phi) is 5.77. The normalized spacial score (nSPS) is 14.2. The van der Waals surface area contributed by atoms with Crippen LogP contribution in [0.4, 0.5) is 11.6 Å². The van der Waals surface area contributed by atoms with Crippen LogP contribution in [-0.2, 0) is 4.74 Å². The molecule has 9 heteroatoms. The number of nitrogens with zero attached hydrogens (tertiary/aromatic N) is 6. The minimum absolute atomic E-state index is 0.0196. The maximum atomic E-state index is 11.6. The molecular formula is C24H23N7O2. The maximum Gasteiger partial charge on any atom is 0.160 e. The molecule has 9 nitrogen and oxygen atoms in total. The molecule has 1 saturated heterocycles. The van der Waals surface area contributed by atoms with Crippen LogP contribution >= 0.6 is 0 Å². The first-order valence-electron chi connectivity index (χ1n) is 10.7. The fraction of sp³-hybridized carbons (Fsp3) is 0.208. The Hall–Kier alpha value is -4.11. The first-order chi connectivity index (χ1) is 16.2. The van der Waals surface area contributed by atoms with Crippen molar-refractivity contribution >= 4 is 29.3 Å². The monoisotopic (exact) mass is 441 g/mol. The number of hydrazone groups is 1. The highest BCUT2D eigenvalue weighted by Crippen LogP contribution is 2.25. The second-order valence-corrected chi connectivity index (χ2v) is 7.69. The van der Waals surface area contributed by atoms with Gasteiger partial charge in [0.25, 0.3) is 0 Å². The topological polar surface area (TPSA) is 97.0 Å². The van der Waals surface area contributed by atoms with E-state index in [1.807, 2.05) is 40.9 Å². The summed E-state index contributed by atoms with van der Waals surface area (Å²) in [5.41, 5.74) is 7.01. The zero-order valence-electron chi connectivity index (χ0n) is 18.2. The number of fused-ring (bicyclic) bond motifs is 1. The van der Waals surface area contributed by atoms with Crippen molar-refractivity contribution in [1.29, 1.82) is 0 Å². The molecule has 5 rings (SSSR count). The minimum Gasteiger partial charge on any atom is -0.378 e. The Morgan fingerprint density at radius 1 is 1.12 bits per heavy atom. The van der Waals surface area contributed by atoms with E-state index in [0.717, 1.165) is 35.7 Å². The number of ketones is 1. The SMILES string of the molecule is CC(=O)c1cccc(/C=N\Nc2cc(N3CCOCC3)n3nc(-c4ccncc4)cc3n2)c1. The molecule has 0 aliphatic carbocycles. The molecule has 0 bridgehead atoms.